The number of hydrogen-bond donors (Lipinski definition) is 1. The molecule has 2 rings (SSSR count). The zero-order valence-electron chi connectivity index (χ0n) is 13.3. The summed E-state index contributed by atoms with van der Waals surface area (Å²) in [6, 6.07) is 14.2. The summed E-state index contributed by atoms with van der Waals surface area (Å²) < 4.78 is 37.5. The van der Waals surface area contributed by atoms with Crippen LogP contribution in [0, 0.1) is 0 Å². The van der Waals surface area contributed by atoms with Gasteiger partial charge in [-0.1, -0.05) is 18.2 Å². The van der Waals surface area contributed by atoms with E-state index >= 15 is 0 Å². The smallest absolute Gasteiger partial charge is 0.371 e. The summed E-state index contributed by atoms with van der Waals surface area (Å²) in [4.78, 5) is 14.0. The minimum absolute atomic E-state index is 0.232. The molecule has 0 saturated carbocycles. The van der Waals surface area contributed by atoms with Gasteiger partial charge < -0.3 is 10.2 Å². The standard InChI is InChI=1S/C18H19F3N2O/c1-2-23(16-6-4-3-5-7-16)13-12-17(24)22-15-10-8-14(9-11-15)18(19,20)21/h3-11H,2,12-13H2,1H3,(H,22,24). The van der Waals surface area contributed by atoms with E-state index in [2.05, 4.69) is 10.2 Å². The van der Waals surface area contributed by atoms with E-state index in [-0.39, 0.29) is 12.3 Å². The van der Waals surface area contributed by atoms with Crippen LogP contribution in [0.5, 0.6) is 0 Å². The number of amides is 1. The van der Waals surface area contributed by atoms with E-state index in [0.717, 1.165) is 24.4 Å². The van der Waals surface area contributed by atoms with Crippen molar-refractivity contribution in [1.82, 2.24) is 0 Å². The van der Waals surface area contributed by atoms with Crippen LogP contribution in [0.15, 0.2) is 54.6 Å². The molecule has 1 N–H and O–H groups in total. The first-order valence-corrected chi connectivity index (χ1v) is 7.67. The maximum absolute atomic E-state index is 12.5. The average molecular weight is 336 g/mol. The molecule has 0 spiro atoms. The molecular weight excluding hydrogens is 317 g/mol. The highest BCUT2D eigenvalue weighted by Crippen LogP contribution is 2.29. The van der Waals surface area contributed by atoms with Gasteiger partial charge in [0, 0.05) is 30.9 Å². The molecule has 0 bridgehead atoms. The van der Waals surface area contributed by atoms with E-state index in [1.54, 1.807) is 0 Å². The van der Waals surface area contributed by atoms with Crippen molar-refractivity contribution in [1.29, 1.82) is 0 Å². The second kappa shape index (κ2) is 7.86. The molecule has 0 unspecified atom stereocenters. The molecule has 2 aromatic rings. The van der Waals surface area contributed by atoms with Gasteiger partial charge in [0.1, 0.15) is 0 Å². The number of carbonyl (C=O) groups is 1. The molecule has 24 heavy (non-hydrogen) atoms. The van der Waals surface area contributed by atoms with Crippen LogP contribution in [-0.2, 0) is 11.0 Å². The Kier molecular flexibility index (Phi) is 5.84. The van der Waals surface area contributed by atoms with Crippen molar-refractivity contribution in [2.45, 2.75) is 19.5 Å². The fraction of sp³-hybridized carbons (Fsp3) is 0.278. The number of halogens is 3. The Balaban J connectivity index is 1.89. The van der Waals surface area contributed by atoms with Crippen molar-refractivity contribution in [2.24, 2.45) is 0 Å². The lowest BCUT2D eigenvalue weighted by Crippen LogP contribution is -2.27. The highest BCUT2D eigenvalue weighted by atomic mass is 19.4. The van der Waals surface area contributed by atoms with Crippen molar-refractivity contribution in [3.05, 3.63) is 60.2 Å². The van der Waals surface area contributed by atoms with E-state index in [1.165, 1.54) is 12.1 Å². The third-order valence-corrected chi connectivity index (χ3v) is 3.61. The zero-order chi connectivity index (χ0) is 17.6. The number of hydrogen-bond acceptors (Lipinski definition) is 2. The highest BCUT2D eigenvalue weighted by molar-refractivity contribution is 5.91. The maximum atomic E-state index is 12.5. The van der Waals surface area contributed by atoms with Crippen LogP contribution >= 0.6 is 0 Å². The Bertz CT molecular complexity index is 654. The van der Waals surface area contributed by atoms with Crippen molar-refractivity contribution in [3.8, 4) is 0 Å². The zero-order valence-corrected chi connectivity index (χ0v) is 13.3. The van der Waals surface area contributed by atoms with E-state index in [1.807, 2.05) is 37.3 Å². The van der Waals surface area contributed by atoms with Gasteiger partial charge in [-0.25, -0.2) is 0 Å². The molecule has 6 heteroatoms. The monoisotopic (exact) mass is 336 g/mol. The third kappa shape index (κ3) is 5.01. The van der Waals surface area contributed by atoms with Crippen LogP contribution in [0.4, 0.5) is 24.5 Å². The van der Waals surface area contributed by atoms with Gasteiger partial charge in [0.2, 0.25) is 5.91 Å². The lowest BCUT2D eigenvalue weighted by molar-refractivity contribution is -0.137. The van der Waals surface area contributed by atoms with E-state index in [0.29, 0.717) is 12.2 Å². The highest BCUT2D eigenvalue weighted by Gasteiger charge is 2.29. The largest absolute Gasteiger partial charge is 0.416 e. The predicted octanol–water partition coefficient (Wildman–Crippen LogP) is 4.56. The molecule has 0 fully saturated rings. The Morgan fingerprint density at radius 2 is 1.67 bits per heavy atom. The average Bonchev–Trinajstić information content (AvgIpc) is 2.56. The topological polar surface area (TPSA) is 32.3 Å². The molecule has 0 heterocycles. The fourth-order valence-corrected chi connectivity index (χ4v) is 2.31. The summed E-state index contributed by atoms with van der Waals surface area (Å²) in [6.07, 6.45) is -4.12. The Hall–Kier alpha value is -2.50. The number of nitrogens with zero attached hydrogens (tertiary/aromatic N) is 1. The molecule has 128 valence electrons. The fourth-order valence-electron chi connectivity index (χ4n) is 2.31. The molecule has 0 aliphatic rings. The van der Waals surface area contributed by atoms with Crippen molar-refractivity contribution in [2.75, 3.05) is 23.3 Å². The minimum Gasteiger partial charge on any atom is -0.371 e. The Labute approximate surface area is 139 Å². The van der Waals surface area contributed by atoms with Gasteiger partial charge in [-0.15, -0.1) is 0 Å². The van der Waals surface area contributed by atoms with Gasteiger partial charge in [0.25, 0.3) is 0 Å². The van der Waals surface area contributed by atoms with Crippen molar-refractivity contribution in [3.63, 3.8) is 0 Å². The molecule has 0 aliphatic heterocycles. The third-order valence-electron chi connectivity index (χ3n) is 3.61. The SMILES string of the molecule is CCN(CCC(=O)Nc1ccc(C(F)(F)F)cc1)c1ccccc1. The van der Waals surface area contributed by atoms with Crippen molar-refractivity contribution >= 4 is 17.3 Å². The first-order chi connectivity index (χ1) is 11.4. The number of nitrogens with one attached hydrogen (secondary N) is 1. The van der Waals surface area contributed by atoms with Crippen LogP contribution in [0.3, 0.4) is 0 Å². The van der Waals surface area contributed by atoms with Gasteiger partial charge in [-0.05, 0) is 43.3 Å². The molecule has 0 atom stereocenters. The Morgan fingerprint density at radius 3 is 2.21 bits per heavy atom. The molecule has 0 aromatic heterocycles. The molecular formula is C18H19F3N2O. The predicted molar refractivity (Wildman–Crippen MR) is 89.0 cm³/mol. The van der Waals surface area contributed by atoms with Gasteiger partial charge in [-0.3, -0.25) is 4.79 Å². The van der Waals surface area contributed by atoms with E-state index in [4.69, 9.17) is 0 Å². The minimum atomic E-state index is -4.38. The number of rotatable bonds is 6. The summed E-state index contributed by atoms with van der Waals surface area (Å²) in [5.41, 5.74) is 0.653. The van der Waals surface area contributed by atoms with Crippen LogP contribution in [0.1, 0.15) is 18.9 Å². The van der Waals surface area contributed by atoms with Crippen LogP contribution in [-0.4, -0.2) is 19.0 Å². The second-order valence-corrected chi connectivity index (χ2v) is 5.29. The summed E-state index contributed by atoms with van der Waals surface area (Å²) in [5.74, 6) is -0.232. The van der Waals surface area contributed by atoms with Gasteiger partial charge in [0.15, 0.2) is 0 Å². The molecule has 2 aromatic carbocycles. The van der Waals surface area contributed by atoms with E-state index < -0.39 is 11.7 Å². The quantitative estimate of drug-likeness (QED) is 0.839. The first kappa shape index (κ1) is 17.8. The number of alkyl halides is 3. The van der Waals surface area contributed by atoms with Gasteiger partial charge in [-0.2, -0.15) is 13.2 Å². The second-order valence-electron chi connectivity index (χ2n) is 5.29. The number of para-hydroxylation sites is 1. The summed E-state index contributed by atoms with van der Waals surface area (Å²) >= 11 is 0. The maximum Gasteiger partial charge on any atom is 0.416 e. The lowest BCUT2D eigenvalue weighted by atomic mass is 10.2. The lowest BCUT2D eigenvalue weighted by Gasteiger charge is -2.22. The van der Waals surface area contributed by atoms with E-state index in [9.17, 15) is 18.0 Å². The summed E-state index contributed by atoms with van der Waals surface area (Å²) in [5, 5.41) is 2.62. The number of benzene rings is 2. The molecule has 0 aliphatic carbocycles. The Morgan fingerprint density at radius 1 is 1.04 bits per heavy atom. The first-order valence-electron chi connectivity index (χ1n) is 7.67. The molecule has 1 amide bonds. The summed E-state index contributed by atoms with van der Waals surface area (Å²) in [6.45, 7) is 3.30. The molecule has 0 radical (unpaired) electrons. The van der Waals surface area contributed by atoms with Crippen molar-refractivity contribution < 1.29 is 18.0 Å². The van der Waals surface area contributed by atoms with Gasteiger partial charge in [0.05, 0.1) is 5.56 Å². The normalized spacial score (nSPS) is 11.2. The molecule has 0 saturated heterocycles. The van der Waals surface area contributed by atoms with Gasteiger partial charge >= 0.3 is 6.18 Å². The summed E-state index contributed by atoms with van der Waals surface area (Å²) in [7, 11) is 0. The van der Waals surface area contributed by atoms with Crippen LogP contribution < -0.4 is 10.2 Å². The van der Waals surface area contributed by atoms with Crippen LogP contribution in [0.2, 0.25) is 0 Å². The van der Waals surface area contributed by atoms with Crippen LogP contribution in [0.25, 0.3) is 0 Å². The number of anilines is 2. The molecule has 3 nitrogen and oxygen atoms in total. The number of carbonyl (C=O) groups excluding carboxylic acids is 1.